The van der Waals surface area contributed by atoms with E-state index in [4.69, 9.17) is 4.74 Å². The van der Waals surface area contributed by atoms with Crippen molar-refractivity contribution in [1.82, 2.24) is 0 Å². The van der Waals surface area contributed by atoms with Crippen LogP contribution in [0.25, 0.3) is 0 Å². The van der Waals surface area contributed by atoms with Crippen molar-refractivity contribution in [1.29, 1.82) is 0 Å². The molecule has 7 nitrogen and oxygen atoms in total. The highest BCUT2D eigenvalue weighted by Gasteiger charge is 2.19. The zero-order valence-electron chi connectivity index (χ0n) is 19.1. The van der Waals surface area contributed by atoms with Crippen molar-refractivity contribution < 1.29 is 30.7 Å². The first-order valence-corrected chi connectivity index (χ1v) is 14.3. The molecule has 0 bridgehead atoms. The van der Waals surface area contributed by atoms with Crippen LogP contribution in [-0.4, -0.2) is 25.9 Å². The molecule has 0 aromatic heterocycles. The van der Waals surface area contributed by atoms with Gasteiger partial charge in [-0.15, -0.1) is 0 Å². The first-order chi connectivity index (χ1) is 15.6. The average Bonchev–Trinajstić information content (AvgIpc) is 2.74. The van der Waals surface area contributed by atoms with E-state index in [1.807, 2.05) is 0 Å². The van der Waals surface area contributed by atoms with Crippen molar-refractivity contribution in [3.8, 4) is 11.5 Å². The third-order valence-electron chi connectivity index (χ3n) is 5.44. The van der Waals surface area contributed by atoms with Gasteiger partial charge in [0.15, 0.2) is 0 Å². The molecule has 33 heavy (non-hydrogen) atoms. The molecule has 0 saturated heterocycles. The number of hydrogen-bond donors (Lipinski definition) is 2. The zero-order chi connectivity index (χ0) is 24.3. The molecule has 2 aromatic carbocycles. The lowest BCUT2D eigenvalue weighted by atomic mass is 10.0. The van der Waals surface area contributed by atoms with Gasteiger partial charge in [0.05, 0.1) is 4.90 Å². The molecule has 0 aliphatic heterocycles. The molecule has 0 amide bonds. The summed E-state index contributed by atoms with van der Waals surface area (Å²) >= 11 is 0. The van der Waals surface area contributed by atoms with Crippen LogP contribution in [0, 0.1) is 0 Å². The summed E-state index contributed by atoms with van der Waals surface area (Å²) in [5.41, 5.74) is 0.850. The van der Waals surface area contributed by atoms with E-state index in [9.17, 15) is 25.9 Å². The topological polar surface area (TPSA) is 118 Å². The number of rotatable bonds is 15. The van der Waals surface area contributed by atoms with Crippen LogP contribution in [0.3, 0.4) is 0 Å². The van der Waals surface area contributed by atoms with Crippen molar-refractivity contribution >= 4 is 20.2 Å². The van der Waals surface area contributed by atoms with Crippen LogP contribution in [0.15, 0.2) is 52.3 Å². The Morgan fingerprint density at radius 3 is 1.91 bits per heavy atom. The van der Waals surface area contributed by atoms with E-state index >= 15 is 0 Å². The Morgan fingerprint density at radius 2 is 1.33 bits per heavy atom. The first-order valence-electron chi connectivity index (χ1n) is 11.5. The minimum absolute atomic E-state index is 0.0195. The Morgan fingerprint density at radius 1 is 0.727 bits per heavy atom. The maximum atomic E-state index is 11.8. The zero-order valence-corrected chi connectivity index (χ0v) is 20.7. The molecule has 0 heterocycles. The van der Waals surface area contributed by atoms with Crippen LogP contribution in [0.1, 0.15) is 76.7 Å². The number of hydrogen-bond acceptors (Lipinski definition) is 5. The Balaban J connectivity index is 1.97. The first kappa shape index (κ1) is 27.3. The largest absolute Gasteiger partial charge is 0.456 e. The van der Waals surface area contributed by atoms with Crippen LogP contribution < -0.4 is 4.74 Å². The lowest BCUT2D eigenvalue weighted by molar-refractivity contribution is 0.446. The molecular weight excluding hydrogens is 464 g/mol. The number of ether oxygens (including phenoxy) is 1. The fraction of sp³-hybridized carbons (Fsp3) is 0.500. The molecule has 0 aliphatic carbocycles. The lowest BCUT2D eigenvalue weighted by Gasteiger charge is -2.12. The fourth-order valence-electron chi connectivity index (χ4n) is 3.64. The van der Waals surface area contributed by atoms with Crippen molar-refractivity contribution in [2.24, 2.45) is 0 Å². The molecule has 0 aliphatic rings. The Bertz CT molecular complexity index is 1090. The molecule has 2 rings (SSSR count). The maximum Gasteiger partial charge on any atom is 0.298 e. The van der Waals surface area contributed by atoms with Crippen LogP contribution >= 0.6 is 0 Å². The van der Waals surface area contributed by atoms with E-state index in [0.717, 1.165) is 37.3 Å². The second-order valence-electron chi connectivity index (χ2n) is 8.24. The summed E-state index contributed by atoms with van der Waals surface area (Å²) in [5, 5.41) is 0. The van der Waals surface area contributed by atoms with Gasteiger partial charge in [0, 0.05) is 6.07 Å². The van der Waals surface area contributed by atoms with Gasteiger partial charge < -0.3 is 4.74 Å². The third kappa shape index (κ3) is 9.83. The Labute approximate surface area is 197 Å². The highest BCUT2D eigenvalue weighted by atomic mass is 32.2. The summed E-state index contributed by atoms with van der Waals surface area (Å²) < 4.78 is 70.6. The van der Waals surface area contributed by atoms with Crippen molar-refractivity contribution in [2.75, 3.05) is 0 Å². The monoisotopic (exact) mass is 498 g/mol. The average molecular weight is 499 g/mol. The molecule has 2 aromatic rings. The van der Waals surface area contributed by atoms with Gasteiger partial charge in [-0.2, -0.15) is 16.8 Å². The Kier molecular flexibility index (Phi) is 10.8. The maximum absolute atomic E-state index is 11.8. The van der Waals surface area contributed by atoms with Gasteiger partial charge in [-0.25, -0.2) is 0 Å². The van der Waals surface area contributed by atoms with Gasteiger partial charge in [-0.05, 0) is 42.7 Å². The summed E-state index contributed by atoms with van der Waals surface area (Å²) in [6, 6.07) is 9.51. The van der Waals surface area contributed by atoms with Crippen molar-refractivity contribution in [3.05, 3.63) is 48.0 Å². The number of aryl methyl sites for hydroxylation is 1. The number of benzene rings is 2. The molecule has 0 atom stereocenters. The van der Waals surface area contributed by atoms with Gasteiger partial charge in [0.2, 0.25) is 0 Å². The minimum atomic E-state index is -4.55. The van der Waals surface area contributed by atoms with Crippen LogP contribution in [-0.2, 0) is 26.7 Å². The van der Waals surface area contributed by atoms with E-state index in [-0.39, 0.29) is 16.4 Å². The van der Waals surface area contributed by atoms with E-state index in [1.54, 1.807) is 6.07 Å². The molecule has 0 spiro atoms. The molecule has 0 radical (unpaired) electrons. The van der Waals surface area contributed by atoms with Crippen LogP contribution in [0.5, 0.6) is 11.5 Å². The van der Waals surface area contributed by atoms with Crippen LogP contribution in [0.4, 0.5) is 0 Å². The predicted molar refractivity (Wildman–Crippen MR) is 128 cm³/mol. The van der Waals surface area contributed by atoms with E-state index < -0.39 is 25.1 Å². The summed E-state index contributed by atoms with van der Waals surface area (Å²) in [6.07, 6.45) is 12.9. The highest BCUT2D eigenvalue weighted by Crippen LogP contribution is 2.31. The van der Waals surface area contributed by atoms with Crippen molar-refractivity contribution in [2.45, 2.75) is 87.3 Å². The van der Waals surface area contributed by atoms with E-state index in [1.165, 1.54) is 75.3 Å². The quantitative estimate of drug-likeness (QED) is 0.214. The molecule has 184 valence electrons. The lowest BCUT2D eigenvalue weighted by Crippen LogP contribution is -2.03. The summed E-state index contributed by atoms with van der Waals surface area (Å²) in [4.78, 5) is -0.790. The summed E-state index contributed by atoms with van der Waals surface area (Å²) in [7, 11) is -8.99. The molecule has 2 N–H and O–H groups in total. The van der Waals surface area contributed by atoms with Gasteiger partial charge in [0.1, 0.15) is 16.4 Å². The van der Waals surface area contributed by atoms with Gasteiger partial charge in [-0.3, -0.25) is 9.11 Å². The molecule has 9 heteroatoms. The van der Waals surface area contributed by atoms with Crippen LogP contribution in [0.2, 0.25) is 0 Å². The molecule has 0 unspecified atom stereocenters. The Hall–Kier alpha value is -1.94. The summed E-state index contributed by atoms with van der Waals surface area (Å²) in [5.74, 6) is -0.0827. The normalized spacial score (nSPS) is 12.1. The molecule has 0 fully saturated rings. The SMILES string of the molecule is CCCCCCCCCCCCc1ccc(S(=O)(=O)O)c(Oc2cccc(S(=O)(=O)O)c2)c1. The fourth-order valence-corrected chi connectivity index (χ4v) is 4.75. The third-order valence-corrected chi connectivity index (χ3v) is 7.18. The smallest absolute Gasteiger partial charge is 0.298 e. The van der Waals surface area contributed by atoms with Gasteiger partial charge in [-0.1, -0.05) is 76.8 Å². The van der Waals surface area contributed by atoms with Gasteiger partial charge in [0.25, 0.3) is 20.2 Å². The second kappa shape index (κ2) is 13.1. The second-order valence-corrected chi connectivity index (χ2v) is 11.1. The molecule has 0 saturated carbocycles. The standard InChI is InChI=1S/C24H34O7S2/c1-2-3-4-5-6-7-8-9-10-11-13-20-16-17-24(33(28,29)30)23(18-20)31-21-14-12-15-22(19-21)32(25,26)27/h12,14-19H,2-11,13H2,1H3,(H,25,26,27)(H,28,29,30). The van der Waals surface area contributed by atoms with Gasteiger partial charge >= 0.3 is 0 Å². The predicted octanol–water partition coefficient (Wildman–Crippen LogP) is 6.44. The van der Waals surface area contributed by atoms with E-state index in [2.05, 4.69) is 6.92 Å². The summed E-state index contributed by atoms with van der Waals surface area (Å²) in [6.45, 7) is 2.21. The number of unbranched alkanes of at least 4 members (excludes halogenated alkanes) is 9. The molecular formula is C24H34O7S2. The highest BCUT2D eigenvalue weighted by molar-refractivity contribution is 7.86. The van der Waals surface area contributed by atoms with E-state index in [0.29, 0.717) is 0 Å². The minimum Gasteiger partial charge on any atom is -0.456 e. The van der Waals surface area contributed by atoms with Crippen molar-refractivity contribution in [3.63, 3.8) is 0 Å².